The van der Waals surface area contributed by atoms with E-state index < -0.39 is 18.1 Å². The molecule has 0 aliphatic carbocycles. The molecule has 3 atom stereocenters. The normalized spacial score (nSPS) is 32.6. The summed E-state index contributed by atoms with van der Waals surface area (Å²) in [6.07, 6.45) is 0.851. The number of rotatable bonds is 3. The molecule has 2 heterocycles. The van der Waals surface area contributed by atoms with E-state index in [2.05, 4.69) is 0 Å². The Hall–Kier alpha value is -1.43. The molecule has 0 spiro atoms. The van der Waals surface area contributed by atoms with Crippen molar-refractivity contribution in [3.05, 3.63) is 0 Å². The van der Waals surface area contributed by atoms with Crippen molar-refractivity contribution in [3.8, 4) is 0 Å². The first-order chi connectivity index (χ1) is 8.84. The minimum absolute atomic E-state index is 0.00787. The minimum Gasteiger partial charge on any atom is -0.480 e. The average Bonchev–Trinajstić information content (AvgIpc) is 2.79. The summed E-state index contributed by atoms with van der Waals surface area (Å²) in [7, 11) is 0. The maximum Gasteiger partial charge on any atom is 0.321 e. The van der Waals surface area contributed by atoms with E-state index in [-0.39, 0.29) is 30.2 Å². The van der Waals surface area contributed by atoms with Crippen LogP contribution < -0.4 is 0 Å². The molecule has 2 saturated heterocycles. The van der Waals surface area contributed by atoms with E-state index in [0.717, 1.165) is 6.42 Å². The van der Waals surface area contributed by atoms with Crippen molar-refractivity contribution >= 4 is 17.8 Å². The predicted octanol–water partition coefficient (Wildman–Crippen LogP) is 0.317. The Morgan fingerprint density at radius 3 is 2.47 bits per heavy atom. The summed E-state index contributed by atoms with van der Waals surface area (Å²) < 4.78 is 0. The predicted molar refractivity (Wildman–Crippen MR) is 67.3 cm³/mol. The van der Waals surface area contributed by atoms with Gasteiger partial charge in [0.15, 0.2) is 0 Å². The van der Waals surface area contributed by atoms with E-state index in [1.54, 1.807) is 18.7 Å². The van der Waals surface area contributed by atoms with Crippen LogP contribution in [0, 0.1) is 5.92 Å². The maximum atomic E-state index is 12.3. The van der Waals surface area contributed by atoms with Crippen LogP contribution in [0.5, 0.6) is 0 Å². The molecule has 3 unspecified atom stereocenters. The number of hydrogen-bond donors (Lipinski definition) is 1. The fraction of sp³-hybridized carbons (Fsp3) is 0.769. The Bertz CT molecular complexity index is 421. The van der Waals surface area contributed by atoms with E-state index in [4.69, 9.17) is 0 Å². The third-order valence-corrected chi connectivity index (χ3v) is 4.07. The molecular weight excluding hydrogens is 248 g/mol. The quantitative estimate of drug-likeness (QED) is 0.746. The fourth-order valence-electron chi connectivity index (χ4n) is 3.15. The molecule has 6 heteroatoms. The van der Waals surface area contributed by atoms with E-state index in [1.165, 1.54) is 4.90 Å². The van der Waals surface area contributed by atoms with Crippen LogP contribution in [0.1, 0.15) is 33.6 Å². The molecule has 0 bridgehead atoms. The topological polar surface area (TPSA) is 77.9 Å². The molecule has 0 radical (unpaired) electrons. The molecule has 2 rings (SSSR count). The van der Waals surface area contributed by atoms with Gasteiger partial charge in [-0.1, -0.05) is 6.92 Å². The molecule has 1 N–H and O–H groups in total. The summed E-state index contributed by atoms with van der Waals surface area (Å²) in [4.78, 5) is 38.4. The van der Waals surface area contributed by atoms with E-state index in [0.29, 0.717) is 6.54 Å². The first-order valence-corrected chi connectivity index (χ1v) is 6.69. The Morgan fingerprint density at radius 1 is 1.37 bits per heavy atom. The summed E-state index contributed by atoms with van der Waals surface area (Å²) >= 11 is 0. The maximum absolute atomic E-state index is 12.3. The summed E-state index contributed by atoms with van der Waals surface area (Å²) in [5, 5.41) is 9.29. The molecule has 2 aliphatic rings. The second-order valence-electron chi connectivity index (χ2n) is 5.70. The van der Waals surface area contributed by atoms with Crippen LogP contribution in [0.4, 0.5) is 0 Å². The second kappa shape index (κ2) is 4.92. The first kappa shape index (κ1) is 14.0. The van der Waals surface area contributed by atoms with Crippen LogP contribution in [0.15, 0.2) is 0 Å². The zero-order valence-corrected chi connectivity index (χ0v) is 11.5. The van der Waals surface area contributed by atoms with Gasteiger partial charge >= 0.3 is 5.97 Å². The molecule has 2 amide bonds. The number of carbonyl (C=O) groups excluding carboxylic acids is 2. The lowest BCUT2D eigenvalue weighted by Gasteiger charge is -2.28. The summed E-state index contributed by atoms with van der Waals surface area (Å²) in [6.45, 7) is 6.02. The van der Waals surface area contributed by atoms with Gasteiger partial charge in [0.05, 0.1) is 12.5 Å². The van der Waals surface area contributed by atoms with Gasteiger partial charge in [0.1, 0.15) is 6.04 Å². The highest BCUT2D eigenvalue weighted by atomic mass is 16.4. The summed E-state index contributed by atoms with van der Waals surface area (Å²) in [5.41, 5.74) is 0. The number of carbonyl (C=O) groups is 3. The van der Waals surface area contributed by atoms with Crippen molar-refractivity contribution in [3.63, 3.8) is 0 Å². The van der Waals surface area contributed by atoms with E-state index >= 15 is 0 Å². The molecule has 106 valence electrons. The Kier molecular flexibility index (Phi) is 3.62. The lowest BCUT2D eigenvalue weighted by molar-refractivity contribution is -0.146. The van der Waals surface area contributed by atoms with Gasteiger partial charge in [-0.25, -0.2) is 0 Å². The second-order valence-corrected chi connectivity index (χ2v) is 5.70. The van der Waals surface area contributed by atoms with Crippen LogP contribution in [0.2, 0.25) is 0 Å². The molecule has 0 aromatic heterocycles. The van der Waals surface area contributed by atoms with Crippen LogP contribution in [0.3, 0.4) is 0 Å². The molecule has 0 aromatic carbocycles. The number of likely N-dealkylation sites (tertiary alicyclic amines) is 2. The van der Waals surface area contributed by atoms with E-state index in [1.807, 2.05) is 6.92 Å². The highest BCUT2D eigenvalue weighted by molar-refractivity contribution is 6.06. The van der Waals surface area contributed by atoms with Crippen LogP contribution in [-0.2, 0) is 14.4 Å². The third-order valence-electron chi connectivity index (χ3n) is 4.07. The standard InChI is InChI=1S/C13H20N2O4/c1-7(2)15-10(16)6-9(12(15)17)14-5-4-8(3)11(14)13(18)19/h7-9,11H,4-6H2,1-3H3,(H,18,19). The number of hydrogen-bond acceptors (Lipinski definition) is 4. The zero-order valence-electron chi connectivity index (χ0n) is 11.5. The monoisotopic (exact) mass is 268 g/mol. The highest BCUT2D eigenvalue weighted by Gasteiger charge is 2.49. The van der Waals surface area contributed by atoms with Gasteiger partial charge in [-0.3, -0.25) is 24.2 Å². The zero-order chi connectivity index (χ0) is 14.3. The Balaban J connectivity index is 2.21. The van der Waals surface area contributed by atoms with Crippen LogP contribution in [-0.4, -0.2) is 57.4 Å². The van der Waals surface area contributed by atoms with Gasteiger partial charge in [-0.2, -0.15) is 0 Å². The number of carboxylic acids is 1. The summed E-state index contributed by atoms with van der Waals surface area (Å²) in [6, 6.07) is -1.43. The van der Waals surface area contributed by atoms with Crippen molar-refractivity contribution in [2.45, 2.75) is 51.7 Å². The molecule has 2 fully saturated rings. The average molecular weight is 268 g/mol. The van der Waals surface area contributed by atoms with E-state index in [9.17, 15) is 19.5 Å². The van der Waals surface area contributed by atoms with Gasteiger partial charge in [0.2, 0.25) is 11.8 Å². The molecule has 2 aliphatic heterocycles. The Labute approximate surface area is 112 Å². The van der Waals surface area contributed by atoms with Gasteiger partial charge in [-0.15, -0.1) is 0 Å². The number of carboxylic acid groups (broad SMARTS) is 1. The Morgan fingerprint density at radius 2 is 2.00 bits per heavy atom. The van der Waals surface area contributed by atoms with Crippen molar-refractivity contribution < 1.29 is 19.5 Å². The molecule has 19 heavy (non-hydrogen) atoms. The number of imide groups is 1. The molecular formula is C13H20N2O4. The van der Waals surface area contributed by atoms with Gasteiger partial charge in [0.25, 0.3) is 0 Å². The van der Waals surface area contributed by atoms with Gasteiger partial charge in [0, 0.05) is 12.6 Å². The van der Waals surface area contributed by atoms with Crippen LogP contribution >= 0.6 is 0 Å². The largest absolute Gasteiger partial charge is 0.480 e. The smallest absolute Gasteiger partial charge is 0.321 e. The number of amides is 2. The van der Waals surface area contributed by atoms with Crippen LogP contribution in [0.25, 0.3) is 0 Å². The third kappa shape index (κ3) is 2.25. The molecule has 0 aromatic rings. The lowest BCUT2D eigenvalue weighted by atomic mass is 10.0. The first-order valence-electron chi connectivity index (χ1n) is 6.69. The fourth-order valence-corrected chi connectivity index (χ4v) is 3.15. The molecule has 0 saturated carbocycles. The molecule has 6 nitrogen and oxygen atoms in total. The highest BCUT2D eigenvalue weighted by Crippen LogP contribution is 2.31. The van der Waals surface area contributed by atoms with Gasteiger partial charge < -0.3 is 5.11 Å². The number of nitrogens with zero attached hydrogens (tertiary/aromatic N) is 2. The van der Waals surface area contributed by atoms with Crippen molar-refractivity contribution in [2.24, 2.45) is 5.92 Å². The summed E-state index contributed by atoms with van der Waals surface area (Å²) in [5.74, 6) is -1.35. The lowest BCUT2D eigenvalue weighted by Crippen LogP contribution is -2.49. The van der Waals surface area contributed by atoms with Crippen molar-refractivity contribution in [1.29, 1.82) is 0 Å². The van der Waals surface area contributed by atoms with Gasteiger partial charge in [-0.05, 0) is 26.2 Å². The van der Waals surface area contributed by atoms with Crippen molar-refractivity contribution in [1.82, 2.24) is 9.80 Å². The van der Waals surface area contributed by atoms with Crippen molar-refractivity contribution in [2.75, 3.05) is 6.54 Å². The number of aliphatic carboxylic acids is 1. The SMILES string of the molecule is CC1CCN(C2CC(=O)N(C(C)C)C2=O)C1C(=O)O. The minimum atomic E-state index is -0.909.